The molecule has 0 spiro atoms. The topological polar surface area (TPSA) is 57.5 Å². The normalized spacial score (nSPS) is 11.1. The average Bonchev–Trinajstić information content (AvgIpc) is 3.11. The molecule has 27 heavy (non-hydrogen) atoms. The lowest BCUT2D eigenvalue weighted by Crippen LogP contribution is -2.26. The summed E-state index contributed by atoms with van der Waals surface area (Å²) in [5, 5.41) is 11.0. The van der Waals surface area contributed by atoms with E-state index in [4.69, 9.17) is 4.98 Å². The van der Waals surface area contributed by atoms with Gasteiger partial charge in [0.05, 0.1) is 6.20 Å². The molecule has 0 aliphatic heterocycles. The summed E-state index contributed by atoms with van der Waals surface area (Å²) >= 11 is 0. The molecule has 3 aromatic rings. The van der Waals surface area contributed by atoms with Crippen LogP contribution in [0.3, 0.4) is 0 Å². The van der Waals surface area contributed by atoms with Crippen molar-refractivity contribution in [2.75, 3.05) is 39.0 Å². The molecule has 2 aromatic heterocycles. The molecule has 0 unspecified atom stereocenters. The van der Waals surface area contributed by atoms with Crippen molar-refractivity contribution in [1.29, 1.82) is 0 Å². The summed E-state index contributed by atoms with van der Waals surface area (Å²) < 4.78 is 1.81. The first-order chi connectivity index (χ1) is 13.1. The first-order valence-electron chi connectivity index (χ1n) is 9.36. The molecule has 2 N–H and O–H groups in total. The Hall–Kier alpha value is -2.86. The van der Waals surface area contributed by atoms with E-state index in [-0.39, 0.29) is 0 Å². The second-order valence-electron chi connectivity index (χ2n) is 6.68. The zero-order valence-corrected chi connectivity index (χ0v) is 16.4. The first kappa shape index (κ1) is 18.9. The lowest BCUT2D eigenvalue weighted by molar-refractivity contribution is 0.347. The van der Waals surface area contributed by atoms with Crippen molar-refractivity contribution in [3.63, 3.8) is 0 Å². The molecule has 6 heteroatoms. The Labute approximate surface area is 160 Å². The number of nitrogens with zero attached hydrogens (tertiary/aromatic N) is 4. The number of fused-ring (bicyclic) bond motifs is 1. The van der Waals surface area contributed by atoms with E-state index < -0.39 is 0 Å². The van der Waals surface area contributed by atoms with Crippen LogP contribution in [0.15, 0.2) is 49.3 Å². The maximum absolute atomic E-state index is 4.78. The Morgan fingerprint density at radius 2 is 2.11 bits per heavy atom. The molecule has 0 aliphatic rings. The highest BCUT2D eigenvalue weighted by Gasteiger charge is 2.10. The third-order valence-electron chi connectivity index (χ3n) is 4.60. The van der Waals surface area contributed by atoms with Gasteiger partial charge in [-0.25, -0.2) is 9.50 Å². The molecule has 0 radical (unpaired) electrons. The van der Waals surface area contributed by atoms with Crippen LogP contribution in [0.25, 0.3) is 22.5 Å². The van der Waals surface area contributed by atoms with Crippen LogP contribution in [-0.4, -0.2) is 53.2 Å². The molecule has 1 aromatic carbocycles. The lowest BCUT2D eigenvalue weighted by atomic mass is 10.0. The van der Waals surface area contributed by atoms with Gasteiger partial charge in [0.25, 0.3) is 0 Å². The van der Waals surface area contributed by atoms with Gasteiger partial charge in [-0.15, -0.1) is 0 Å². The fourth-order valence-corrected chi connectivity index (χ4v) is 3.06. The lowest BCUT2D eigenvalue weighted by Gasteiger charge is -2.15. The van der Waals surface area contributed by atoms with E-state index in [0.29, 0.717) is 0 Å². The summed E-state index contributed by atoms with van der Waals surface area (Å²) in [4.78, 5) is 7.10. The minimum atomic E-state index is 0.842. The van der Waals surface area contributed by atoms with Crippen LogP contribution in [0.1, 0.15) is 18.9 Å². The van der Waals surface area contributed by atoms with Crippen LogP contribution in [-0.2, 0) is 0 Å². The van der Waals surface area contributed by atoms with E-state index >= 15 is 0 Å². The number of benzene rings is 1. The summed E-state index contributed by atoms with van der Waals surface area (Å²) in [6, 6.07) is 10.2. The maximum atomic E-state index is 4.78. The third kappa shape index (κ3) is 4.46. The Morgan fingerprint density at radius 1 is 1.26 bits per heavy atom. The molecule has 3 rings (SSSR count). The Kier molecular flexibility index (Phi) is 6.08. The van der Waals surface area contributed by atoms with Gasteiger partial charge in [-0.05, 0) is 43.3 Å². The van der Waals surface area contributed by atoms with Crippen LogP contribution in [0, 0.1) is 0 Å². The number of anilines is 1. The van der Waals surface area contributed by atoms with E-state index in [1.165, 1.54) is 6.42 Å². The fraction of sp³-hybridized carbons (Fsp3) is 0.333. The molecule has 2 heterocycles. The van der Waals surface area contributed by atoms with Crippen molar-refractivity contribution in [2.45, 2.75) is 13.3 Å². The Bertz CT molecular complexity index is 914. The molecule has 6 nitrogen and oxygen atoms in total. The summed E-state index contributed by atoms with van der Waals surface area (Å²) in [7, 11) is 4.02. The van der Waals surface area contributed by atoms with Crippen LogP contribution in [0.4, 0.5) is 5.82 Å². The number of likely N-dealkylation sites (N-methyl/N-ethyl adjacent to an activating group) is 1. The zero-order valence-electron chi connectivity index (χ0n) is 16.4. The van der Waals surface area contributed by atoms with Crippen molar-refractivity contribution in [1.82, 2.24) is 24.8 Å². The van der Waals surface area contributed by atoms with Crippen molar-refractivity contribution < 1.29 is 0 Å². The first-order valence-corrected chi connectivity index (χ1v) is 9.36. The summed E-state index contributed by atoms with van der Waals surface area (Å²) in [6.07, 6.45) is 4.97. The van der Waals surface area contributed by atoms with Gasteiger partial charge in [-0.1, -0.05) is 31.7 Å². The largest absolute Gasteiger partial charge is 0.388 e. The molecule has 0 saturated carbocycles. The number of hydrogen-bond acceptors (Lipinski definition) is 5. The summed E-state index contributed by atoms with van der Waals surface area (Å²) in [5.74, 6) is 0.866. The van der Waals surface area contributed by atoms with Gasteiger partial charge in [0.1, 0.15) is 5.82 Å². The van der Waals surface area contributed by atoms with E-state index in [9.17, 15) is 0 Å². The van der Waals surface area contributed by atoms with Crippen LogP contribution < -0.4 is 10.6 Å². The van der Waals surface area contributed by atoms with E-state index in [0.717, 1.165) is 53.5 Å². The maximum Gasteiger partial charge on any atom is 0.165 e. The van der Waals surface area contributed by atoms with Gasteiger partial charge in [0.15, 0.2) is 5.65 Å². The predicted molar refractivity (Wildman–Crippen MR) is 113 cm³/mol. The molecule has 142 valence electrons. The monoisotopic (exact) mass is 364 g/mol. The molecule has 0 atom stereocenters. The molecular weight excluding hydrogens is 336 g/mol. The van der Waals surface area contributed by atoms with Crippen molar-refractivity contribution >= 4 is 17.2 Å². The van der Waals surface area contributed by atoms with Crippen LogP contribution >= 0.6 is 0 Å². The minimum Gasteiger partial charge on any atom is -0.388 e. The predicted octanol–water partition coefficient (Wildman–Crippen LogP) is 3.34. The average molecular weight is 364 g/mol. The summed E-state index contributed by atoms with van der Waals surface area (Å²) in [6.45, 7) is 9.19. The third-order valence-corrected chi connectivity index (χ3v) is 4.60. The Balaban J connectivity index is 1.82. The SMILES string of the molecule is C=C(NC)c1cccc(-c2cnn3ccc(NCCN(C)CCC)nc23)c1. The second kappa shape index (κ2) is 8.68. The highest BCUT2D eigenvalue weighted by molar-refractivity contribution is 5.80. The molecule has 0 saturated heterocycles. The zero-order chi connectivity index (χ0) is 19.2. The summed E-state index contributed by atoms with van der Waals surface area (Å²) in [5.41, 5.74) is 4.87. The van der Waals surface area contributed by atoms with E-state index in [2.05, 4.69) is 53.3 Å². The molecule has 0 amide bonds. The van der Waals surface area contributed by atoms with Gasteiger partial charge in [-0.3, -0.25) is 0 Å². The molecule has 0 fully saturated rings. The van der Waals surface area contributed by atoms with Gasteiger partial charge in [0, 0.05) is 37.6 Å². The molecule has 0 bridgehead atoms. The molecule has 0 aliphatic carbocycles. The number of hydrogen-bond donors (Lipinski definition) is 2. The van der Waals surface area contributed by atoms with E-state index in [1.54, 1.807) is 0 Å². The van der Waals surface area contributed by atoms with Crippen LogP contribution in [0.2, 0.25) is 0 Å². The fourth-order valence-electron chi connectivity index (χ4n) is 3.06. The van der Waals surface area contributed by atoms with Crippen LogP contribution in [0.5, 0.6) is 0 Å². The number of nitrogens with one attached hydrogen (secondary N) is 2. The highest BCUT2D eigenvalue weighted by atomic mass is 15.2. The quantitative estimate of drug-likeness (QED) is 0.610. The molecular formula is C21H28N6. The minimum absolute atomic E-state index is 0.842. The van der Waals surface area contributed by atoms with E-state index in [1.807, 2.05) is 42.2 Å². The van der Waals surface area contributed by atoms with Gasteiger partial charge < -0.3 is 15.5 Å². The second-order valence-corrected chi connectivity index (χ2v) is 6.68. The number of rotatable bonds is 9. The van der Waals surface area contributed by atoms with Gasteiger partial charge in [-0.2, -0.15) is 5.10 Å². The van der Waals surface area contributed by atoms with Crippen molar-refractivity contribution in [3.8, 4) is 11.1 Å². The number of aromatic nitrogens is 3. The van der Waals surface area contributed by atoms with Crippen molar-refractivity contribution in [3.05, 3.63) is 54.9 Å². The highest BCUT2D eigenvalue weighted by Crippen LogP contribution is 2.26. The van der Waals surface area contributed by atoms with Gasteiger partial charge >= 0.3 is 0 Å². The standard InChI is InChI=1S/C21H28N6/c1-5-11-26(4)13-10-23-20-9-12-27-21(25-20)19(15-24-27)18-8-6-7-17(14-18)16(2)22-3/h6-9,12,14-15,22H,2,5,10-11,13H2,1,3-4H3,(H,23,25). The van der Waals surface area contributed by atoms with Gasteiger partial charge in [0.2, 0.25) is 0 Å². The van der Waals surface area contributed by atoms with Crippen molar-refractivity contribution in [2.24, 2.45) is 0 Å². The smallest absolute Gasteiger partial charge is 0.165 e. The Morgan fingerprint density at radius 3 is 2.89 bits per heavy atom.